The quantitative estimate of drug-likeness (QED) is 0.618. The zero-order valence-corrected chi connectivity index (χ0v) is 15.9. The predicted octanol–water partition coefficient (Wildman–Crippen LogP) is 3.46. The summed E-state index contributed by atoms with van der Waals surface area (Å²) >= 11 is 0. The van der Waals surface area contributed by atoms with Gasteiger partial charge in [0, 0.05) is 12.5 Å². The van der Waals surface area contributed by atoms with Crippen molar-refractivity contribution in [3.05, 3.63) is 35.9 Å². The second-order valence-corrected chi connectivity index (χ2v) is 8.74. The molecule has 5 rings (SSSR count). The minimum Gasteiger partial charge on any atom is -0.497 e. The van der Waals surface area contributed by atoms with Gasteiger partial charge in [0.15, 0.2) is 0 Å². The van der Waals surface area contributed by atoms with E-state index in [-0.39, 0.29) is 17.2 Å². The van der Waals surface area contributed by atoms with Crippen molar-refractivity contribution in [2.24, 2.45) is 23.2 Å². The molecule has 144 valence electrons. The van der Waals surface area contributed by atoms with Crippen molar-refractivity contribution in [1.29, 1.82) is 0 Å². The number of nitrogens with one attached hydrogen (secondary N) is 2. The van der Waals surface area contributed by atoms with Crippen molar-refractivity contribution in [2.75, 3.05) is 7.11 Å². The first-order valence-electron chi connectivity index (χ1n) is 9.94. The Morgan fingerprint density at radius 2 is 1.78 bits per heavy atom. The number of hydrazine groups is 1. The first-order valence-corrected chi connectivity index (χ1v) is 9.94. The number of benzene rings is 1. The first-order chi connectivity index (χ1) is 13.0. The highest BCUT2D eigenvalue weighted by Crippen LogP contribution is 2.61. The summed E-state index contributed by atoms with van der Waals surface area (Å²) < 4.78 is 5.16. The van der Waals surface area contributed by atoms with Gasteiger partial charge < -0.3 is 4.74 Å². The molecule has 0 saturated heterocycles. The van der Waals surface area contributed by atoms with Crippen LogP contribution in [0.1, 0.15) is 50.5 Å². The van der Waals surface area contributed by atoms with Crippen LogP contribution in [0.3, 0.4) is 0 Å². The number of methoxy groups -OCH3 is 1. The van der Waals surface area contributed by atoms with E-state index in [1.165, 1.54) is 44.6 Å². The van der Waals surface area contributed by atoms with Crippen LogP contribution in [0.25, 0.3) is 6.08 Å². The maximum absolute atomic E-state index is 12.4. The normalized spacial score (nSPS) is 31.1. The van der Waals surface area contributed by atoms with Crippen LogP contribution in [0, 0.1) is 23.2 Å². The van der Waals surface area contributed by atoms with Crippen LogP contribution in [0.4, 0.5) is 0 Å². The number of hydrogen-bond donors (Lipinski definition) is 2. The van der Waals surface area contributed by atoms with Crippen LogP contribution >= 0.6 is 0 Å². The zero-order chi connectivity index (χ0) is 18.9. The maximum Gasteiger partial charge on any atom is 0.262 e. The van der Waals surface area contributed by atoms with E-state index in [0.29, 0.717) is 6.42 Å². The molecule has 0 heterocycles. The summed E-state index contributed by atoms with van der Waals surface area (Å²) in [6.07, 6.45) is 11.3. The highest BCUT2D eigenvalue weighted by Gasteiger charge is 2.51. The Labute approximate surface area is 160 Å². The van der Waals surface area contributed by atoms with Gasteiger partial charge in [-0.3, -0.25) is 20.4 Å². The Morgan fingerprint density at radius 3 is 2.41 bits per heavy atom. The van der Waals surface area contributed by atoms with E-state index in [1.807, 2.05) is 24.3 Å². The molecule has 2 amide bonds. The molecule has 0 radical (unpaired) electrons. The fourth-order valence-electron chi connectivity index (χ4n) is 5.98. The van der Waals surface area contributed by atoms with E-state index >= 15 is 0 Å². The highest BCUT2D eigenvalue weighted by molar-refractivity contribution is 5.93. The van der Waals surface area contributed by atoms with E-state index in [9.17, 15) is 9.59 Å². The molecule has 0 spiro atoms. The van der Waals surface area contributed by atoms with Crippen molar-refractivity contribution in [1.82, 2.24) is 10.9 Å². The first kappa shape index (κ1) is 18.1. The van der Waals surface area contributed by atoms with Crippen LogP contribution in [0.5, 0.6) is 5.75 Å². The number of ether oxygens (including phenoxy) is 1. The molecule has 0 atom stereocenters. The van der Waals surface area contributed by atoms with Gasteiger partial charge in [0.05, 0.1) is 7.11 Å². The second kappa shape index (κ2) is 7.37. The number of carbonyl (C=O) groups is 2. The molecule has 4 bridgehead atoms. The third-order valence-electron chi connectivity index (χ3n) is 6.55. The summed E-state index contributed by atoms with van der Waals surface area (Å²) in [6.45, 7) is 0. The van der Waals surface area contributed by atoms with Gasteiger partial charge >= 0.3 is 0 Å². The number of hydrogen-bond acceptors (Lipinski definition) is 3. The topological polar surface area (TPSA) is 67.4 Å². The second-order valence-electron chi connectivity index (χ2n) is 8.74. The highest BCUT2D eigenvalue weighted by atomic mass is 16.5. The van der Waals surface area contributed by atoms with Gasteiger partial charge in [-0.15, -0.1) is 0 Å². The summed E-state index contributed by atoms with van der Waals surface area (Å²) in [7, 11) is 1.61. The van der Waals surface area contributed by atoms with Gasteiger partial charge in [0.1, 0.15) is 5.75 Å². The van der Waals surface area contributed by atoms with Gasteiger partial charge in [-0.2, -0.15) is 0 Å². The van der Waals surface area contributed by atoms with Crippen LogP contribution < -0.4 is 15.6 Å². The Bertz CT molecular complexity index is 720. The van der Waals surface area contributed by atoms with Gasteiger partial charge in [-0.1, -0.05) is 12.1 Å². The lowest BCUT2D eigenvalue weighted by Gasteiger charge is -2.56. The Balaban J connectivity index is 1.26. The SMILES string of the molecule is COc1cccc(/C=C/C(=O)NNC(=O)CC23CC4CC(CC(C4)C2)C3)c1. The van der Waals surface area contributed by atoms with Gasteiger partial charge in [-0.25, -0.2) is 0 Å². The van der Waals surface area contributed by atoms with E-state index in [0.717, 1.165) is 29.1 Å². The average Bonchev–Trinajstić information content (AvgIpc) is 2.63. The van der Waals surface area contributed by atoms with Crippen molar-refractivity contribution < 1.29 is 14.3 Å². The monoisotopic (exact) mass is 368 g/mol. The molecule has 4 aliphatic carbocycles. The summed E-state index contributed by atoms with van der Waals surface area (Å²) in [5.74, 6) is 2.80. The van der Waals surface area contributed by atoms with Gasteiger partial charge in [-0.05, 0) is 85.5 Å². The summed E-state index contributed by atoms with van der Waals surface area (Å²) in [6, 6.07) is 7.44. The predicted molar refractivity (Wildman–Crippen MR) is 104 cm³/mol. The molecule has 0 unspecified atom stereocenters. The maximum atomic E-state index is 12.4. The molecule has 27 heavy (non-hydrogen) atoms. The molecular formula is C22H28N2O3. The van der Waals surface area contributed by atoms with Crippen molar-refractivity contribution in [3.8, 4) is 5.75 Å². The largest absolute Gasteiger partial charge is 0.497 e. The van der Waals surface area contributed by atoms with Crippen LogP contribution in [0.2, 0.25) is 0 Å². The van der Waals surface area contributed by atoms with E-state index < -0.39 is 0 Å². The third-order valence-corrected chi connectivity index (χ3v) is 6.55. The summed E-state index contributed by atoms with van der Waals surface area (Å²) in [4.78, 5) is 24.4. The van der Waals surface area contributed by atoms with Crippen molar-refractivity contribution in [3.63, 3.8) is 0 Å². The van der Waals surface area contributed by atoms with E-state index in [1.54, 1.807) is 13.2 Å². The lowest BCUT2D eigenvalue weighted by molar-refractivity contribution is -0.133. The average molecular weight is 368 g/mol. The summed E-state index contributed by atoms with van der Waals surface area (Å²) in [5.41, 5.74) is 6.15. The molecule has 1 aromatic rings. The summed E-state index contributed by atoms with van der Waals surface area (Å²) in [5, 5.41) is 0. The molecular weight excluding hydrogens is 340 g/mol. The van der Waals surface area contributed by atoms with E-state index in [4.69, 9.17) is 4.74 Å². The fraction of sp³-hybridized carbons (Fsp3) is 0.545. The van der Waals surface area contributed by atoms with Crippen LogP contribution in [-0.4, -0.2) is 18.9 Å². The zero-order valence-electron chi connectivity index (χ0n) is 15.9. The standard InChI is InChI=1S/C22H28N2O3/c1-27-19-4-2-3-15(10-19)5-6-20(25)23-24-21(26)14-22-11-16-7-17(12-22)9-18(8-16)13-22/h2-6,10,16-18H,7-9,11-14H2,1H3,(H,23,25)(H,24,26)/b6-5+. The molecule has 0 aromatic heterocycles. The molecule has 2 N–H and O–H groups in total. The number of carbonyl (C=O) groups excluding carboxylic acids is 2. The Morgan fingerprint density at radius 1 is 1.11 bits per heavy atom. The number of amides is 2. The molecule has 4 fully saturated rings. The fourth-order valence-corrected chi connectivity index (χ4v) is 5.98. The molecule has 4 aliphatic rings. The Hall–Kier alpha value is -2.30. The Kier molecular flexibility index (Phi) is 4.94. The van der Waals surface area contributed by atoms with Crippen molar-refractivity contribution >= 4 is 17.9 Å². The van der Waals surface area contributed by atoms with Gasteiger partial charge in [0.2, 0.25) is 5.91 Å². The lowest BCUT2D eigenvalue weighted by Crippen LogP contribution is -2.49. The third kappa shape index (κ3) is 4.18. The number of rotatable bonds is 5. The molecule has 5 heteroatoms. The molecule has 1 aromatic carbocycles. The minimum atomic E-state index is -0.336. The molecule has 4 saturated carbocycles. The van der Waals surface area contributed by atoms with Crippen LogP contribution in [-0.2, 0) is 9.59 Å². The molecule has 0 aliphatic heterocycles. The molecule has 5 nitrogen and oxygen atoms in total. The van der Waals surface area contributed by atoms with Gasteiger partial charge in [0.25, 0.3) is 5.91 Å². The minimum absolute atomic E-state index is 0.0694. The van der Waals surface area contributed by atoms with Crippen LogP contribution in [0.15, 0.2) is 30.3 Å². The van der Waals surface area contributed by atoms with Crippen molar-refractivity contribution in [2.45, 2.75) is 44.9 Å². The van der Waals surface area contributed by atoms with E-state index in [2.05, 4.69) is 10.9 Å². The smallest absolute Gasteiger partial charge is 0.262 e. The lowest BCUT2D eigenvalue weighted by atomic mass is 9.49.